The van der Waals surface area contributed by atoms with E-state index in [9.17, 15) is 31.1 Å². The van der Waals surface area contributed by atoms with Crippen LogP contribution in [0.4, 0.5) is 26.3 Å². The molecule has 0 saturated heterocycles. The summed E-state index contributed by atoms with van der Waals surface area (Å²) in [4.78, 5) is 24.4. The first-order valence-corrected chi connectivity index (χ1v) is 10.9. The van der Waals surface area contributed by atoms with E-state index in [-0.39, 0.29) is 43.4 Å². The number of alkyl halides is 6. The maximum atomic E-state index is 13.9. The molecule has 4 rings (SSSR count). The molecule has 16 heteroatoms. The van der Waals surface area contributed by atoms with Gasteiger partial charge in [-0.05, 0) is 31.2 Å². The predicted molar refractivity (Wildman–Crippen MR) is 114 cm³/mol. The summed E-state index contributed by atoms with van der Waals surface area (Å²) in [6, 6.07) is 4.51. The van der Waals surface area contributed by atoms with Crippen LogP contribution in [0.5, 0.6) is 0 Å². The highest BCUT2D eigenvalue weighted by Crippen LogP contribution is 2.42. The lowest BCUT2D eigenvalue weighted by atomic mass is 10.2. The Kier molecular flexibility index (Phi) is 6.90. The van der Waals surface area contributed by atoms with Crippen molar-refractivity contribution in [3.63, 3.8) is 0 Å². The van der Waals surface area contributed by atoms with Crippen molar-refractivity contribution in [2.24, 2.45) is 0 Å². The number of pyridine rings is 2. The number of hydrogen-bond acceptors (Lipinski definition) is 8. The number of rotatable bonds is 6. The smallest absolute Gasteiger partial charge is 0.357 e. The monoisotopic (exact) mass is 551 g/mol. The molecule has 0 saturated carbocycles. The molecule has 1 unspecified atom stereocenters. The number of aromatic amines is 1. The molecule has 36 heavy (non-hydrogen) atoms. The van der Waals surface area contributed by atoms with Crippen LogP contribution in [0.15, 0.2) is 39.8 Å². The van der Waals surface area contributed by atoms with Gasteiger partial charge in [-0.3, -0.25) is 14.5 Å². The molecule has 0 aliphatic rings. The summed E-state index contributed by atoms with van der Waals surface area (Å²) >= 11 is 6.68. The molecule has 0 fully saturated rings. The highest BCUT2D eigenvalue weighted by Gasteiger charge is 2.44. The molecule has 190 valence electrons. The lowest BCUT2D eigenvalue weighted by Crippen LogP contribution is -2.23. The van der Waals surface area contributed by atoms with Crippen molar-refractivity contribution in [3.8, 4) is 22.0 Å². The van der Waals surface area contributed by atoms with Crippen LogP contribution in [-0.2, 0) is 17.5 Å². The number of thiazole rings is 1. The van der Waals surface area contributed by atoms with Gasteiger partial charge < -0.3 is 4.74 Å². The molecular weight excluding hydrogens is 540 g/mol. The summed E-state index contributed by atoms with van der Waals surface area (Å²) in [5.74, 6) is -0.837. The van der Waals surface area contributed by atoms with Gasteiger partial charge in [0.2, 0.25) is 0 Å². The van der Waals surface area contributed by atoms with E-state index >= 15 is 0 Å². The standard InChI is InChI=1S/C20H12ClF6N5O3S/c1-8-13(36-17(29-8)9-2-5-12(28-6-9)19(22,23)24)14(20(25,26)27)34-7-10-3-4-11(15(21)30-10)16-31-18(33)35-32-16/h2-6,14H,7H2,1H3,(H,31,32,33). The summed E-state index contributed by atoms with van der Waals surface area (Å²) in [7, 11) is 0. The highest BCUT2D eigenvalue weighted by atomic mass is 35.5. The summed E-state index contributed by atoms with van der Waals surface area (Å²) in [5, 5.41) is 3.36. The van der Waals surface area contributed by atoms with Crippen molar-refractivity contribution in [1.82, 2.24) is 25.1 Å². The van der Waals surface area contributed by atoms with Crippen LogP contribution in [0.2, 0.25) is 5.15 Å². The molecule has 0 amide bonds. The minimum atomic E-state index is -4.84. The average Bonchev–Trinajstić information content (AvgIpc) is 3.38. The van der Waals surface area contributed by atoms with E-state index in [1.165, 1.54) is 19.1 Å². The second-order valence-electron chi connectivity index (χ2n) is 7.22. The van der Waals surface area contributed by atoms with Crippen LogP contribution in [0.1, 0.15) is 28.1 Å². The van der Waals surface area contributed by atoms with Crippen LogP contribution in [0, 0.1) is 6.92 Å². The Labute approximate surface area is 205 Å². The van der Waals surface area contributed by atoms with Gasteiger partial charge in [-0.2, -0.15) is 26.3 Å². The maximum absolute atomic E-state index is 13.9. The molecule has 1 atom stereocenters. The summed E-state index contributed by atoms with van der Waals surface area (Å²) in [5.41, 5.74) is -0.778. The zero-order valence-corrected chi connectivity index (χ0v) is 19.3. The summed E-state index contributed by atoms with van der Waals surface area (Å²) < 4.78 is 89.3. The number of aromatic nitrogens is 5. The topological polar surface area (TPSA) is 107 Å². The van der Waals surface area contributed by atoms with E-state index in [1.54, 1.807) is 0 Å². The van der Waals surface area contributed by atoms with Crippen LogP contribution >= 0.6 is 22.9 Å². The Morgan fingerprint density at radius 2 is 1.89 bits per heavy atom. The molecule has 0 aromatic carbocycles. The first kappa shape index (κ1) is 25.8. The molecule has 0 spiro atoms. The molecule has 0 aliphatic carbocycles. The molecule has 8 nitrogen and oxygen atoms in total. The third-order valence-corrected chi connectivity index (χ3v) is 6.21. The van der Waals surface area contributed by atoms with Crippen molar-refractivity contribution in [2.75, 3.05) is 0 Å². The number of halogens is 7. The number of hydrogen-bond donors (Lipinski definition) is 1. The number of aryl methyl sites for hydroxylation is 1. The number of ether oxygens (including phenoxy) is 1. The Morgan fingerprint density at radius 3 is 2.44 bits per heavy atom. The van der Waals surface area contributed by atoms with E-state index in [2.05, 4.69) is 29.6 Å². The zero-order valence-electron chi connectivity index (χ0n) is 17.7. The zero-order chi connectivity index (χ0) is 26.3. The van der Waals surface area contributed by atoms with Crippen molar-refractivity contribution in [2.45, 2.75) is 32.0 Å². The predicted octanol–water partition coefficient (Wildman–Crippen LogP) is 5.74. The summed E-state index contributed by atoms with van der Waals surface area (Å²) in [6.45, 7) is 0.742. The minimum absolute atomic E-state index is 0.00597. The summed E-state index contributed by atoms with van der Waals surface area (Å²) in [6.07, 6.45) is -11.0. The molecule has 4 aromatic rings. The Hall–Kier alpha value is -3.30. The van der Waals surface area contributed by atoms with E-state index in [0.29, 0.717) is 11.3 Å². The third kappa shape index (κ3) is 5.57. The second-order valence-corrected chi connectivity index (χ2v) is 8.60. The third-order valence-electron chi connectivity index (χ3n) is 4.67. The second kappa shape index (κ2) is 9.63. The minimum Gasteiger partial charge on any atom is -0.357 e. The van der Waals surface area contributed by atoms with Gasteiger partial charge in [-0.1, -0.05) is 16.8 Å². The average molecular weight is 552 g/mol. The molecule has 1 N–H and O–H groups in total. The van der Waals surface area contributed by atoms with E-state index in [0.717, 1.165) is 18.3 Å². The van der Waals surface area contributed by atoms with Gasteiger partial charge in [0, 0.05) is 11.8 Å². The van der Waals surface area contributed by atoms with Crippen molar-refractivity contribution < 1.29 is 35.6 Å². The lowest BCUT2D eigenvalue weighted by molar-refractivity contribution is -0.226. The Bertz CT molecular complexity index is 1430. The molecule has 4 heterocycles. The highest BCUT2D eigenvalue weighted by molar-refractivity contribution is 7.15. The van der Waals surface area contributed by atoms with Gasteiger partial charge in [0.15, 0.2) is 11.9 Å². The SMILES string of the molecule is Cc1nc(-c2ccc(C(F)(F)F)nc2)sc1C(OCc1ccc(-c2noc(=O)[nH]2)c(Cl)n1)C(F)(F)F. The first-order valence-electron chi connectivity index (χ1n) is 9.74. The van der Waals surface area contributed by atoms with E-state index in [4.69, 9.17) is 16.3 Å². The van der Waals surface area contributed by atoms with Crippen LogP contribution in [0.25, 0.3) is 22.0 Å². The Balaban J connectivity index is 1.56. The fraction of sp³-hybridized carbons (Fsp3) is 0.250. The molecule has 0 aliphatic heterocycles. The maximum Gasteiger partial charge on any atom is 0.439 e. The van der Waals surface area contributed by atoms with E-state index < -0.39 is 36.5 Å². The molecule has 0 radical (unpaired) electrons. The van der Waals surface area contributed by atoms with Gasteiger partial charge >= 0.3 is 18.1 Å². The molecule has 4 aromatic heterocycles. The van der Waals surface area contributed by atoms with Crippen molar-refractivity contribution in [1.29, 1.82) is 0 Å². The molecular formula is C20H12ClF6N5O3S. The fourth-order valence-corrected chi connectivity index (χ4v) is 4.42. The van der Waals surface area contributed by atoms with E-state index in [1.807, 2.05) is 0 Å². The number of nitrogens with zero attached hydrogens (tertiary/aromatic N) is 4. The van der Waals surface area contributed by atoms with Gasteiger partial charge in [0.05, 0.1) is 28.4 Å². The van der Waals surface area contributed by atoms with Crippen LogP contribution in [-0.4, -0.2) is 31.3 Å². The van der Waals surface area contributed by atoms with Gasteiger partial charge in [-0.25, -0.2) is 14.8 Å². The number of H-pyrrole nitrogens is 1. The van der Waals surface area contributed by atoms with Crippen molar-refractivity contribution in [3.05, 3.63) is 68.1 Å². The first-order chi connectivity index (χ1) is 16.8. The normalized spacial score (nSPS) is 13.2. The van der Waals surface area contributed by atoms with Gasteiger partial charge in [0.1, 0.15) is 15.9 Å². The fourth-order valence-electron chi connectivity index (χ4n) is 3.03. The van der Waals surface area contributed by atoms with Crippen molar-refractivity contribution >= 4 is 22.9 Å². The molecule has 0 bridgehead atoms. The van der Waals surface area contributed by atoms with Crippen LogP contribution < -0.4 is 5.76 Å². The van der Waals surface area contributed by atoms with Crippen LogP contribution in [0.3, 0.4) is 0 Å². The van der Waals surface area contributed by atoms with Gasteiger partial charge in [0.25, 0.3) is 0 Å². The largest absolute Gasteiger partial charge is 0.439 e. The lowest BCUT2D eigenvalue weighted by Gasteiger charge is -2.20. The Morgan fingerprint density at radius 1 is 1.14 bits per heavy atom. The number of nitrogens with one attached hydrogen (secondary N) is 1. The van der Waals surface area contributed by atoms with Gasteiger partial charge in [-0.15, -0.1) is 11.3 Å². The quantitative estimate of drug-likeness (QED) is 0.240.